The minimum absolute atomic E-state index is 0.169. The summed E-state index contributed by atoms with van der Waals surface area (Å²) in [6, 6.07) is 5.94. The van der Waals surface area contributed by atoms with Gasteiger partial charge in [-0.15, -0.1) is 0 Å². The van der Waals surface area contributed by atoms with Gasteiger partial charge in [0.05, 0.1) is 5.69 Å². The van der Waals surface area contributed by atoms with Crippen LogP contribution in [0.25, 0.3) is 0 Å². The fraction of sp³-hybridized carbons (Fsp3) is 0.214. The van der Waals surface area contributed by atoms with Crippen LogP contribution in [0.5, 0.6) is 0 Å². The number of cyclic esters (lactones) is 2. The first-order valence-electron chi connectivity index (χ1n) is 6.09. The molecule has 21 heavy (non-hydrogen) atoms. The van der Waals surface area contributed by atoms with E-state index < -0.39 is 23.5 Å². The molecule has 0 aliphatic carbocycles. The first kappa shape index (κ1) is 14.7. The molecular formula is C14H13FN2O4. The number of carbonyl (C=O) groups is 2. The van der Waals surface area contributed by atoms with E-state index in [9.17, 15) is 14.0 Å². The Morgan fingerprint density at radius 2 is 1.81 bits per heavy atom. The number of nitrogens with zero attached hydrogens (tertiary/aromatic N) is 1. The molecule has 1 aromatic carbocycles. The Kier molecular flexibility index (Phi) is 4.02. The molecule has 1 aliphatic heterocycles. The van der Waals surface area contributed by atoms with Gasteiger partial charge in [0, 0.05) is 20.1 Å². The van der Waals surface area contributed by atoms with Gasteiger partial charge in [0.2, 0.25) is 0 Å². The van der Waals surface area contributed by atoms with Gasteiger partial charge in [-0.1, -0.05) is 12.1 Å². The number of nitrogens with one attached hydrogen (secondary N) is 1. The summed E-state index contributed by atoms with van der Waals surface area (Å²) in [5.74, 6) is -3.35. The number of esters is 2. The van der Waals surface area contributed by atoms with Crippen molar-refractivity contribution in [1.29, 1.82) is 0 Å². The number of ether oxygens (including phenoxy) is 2. The Morgan fingerprint density at radius 1 is 1.19 bits per heavy atom. The summed E-state index contributed by atoms with van der Waals surface area (Å²) in [6.45, 7) is 2.90. The lowest BCUT2D eigenvalue weighted by Crippen LogP contribution is -2.41. The quantitative estimate of drug-likeness (QED) is 0.303. The molecule has 0 saturated carbocycles. The highest BCUT2D eigenvalue weighted by Gasteiger charge is 2.38. The summed E-state index contributed by atoms with van der Waals surface area (Å²) in [5, 5.41) is 3.69. The molecule has 0 atom stereocenters. The summed E-state index contributed by atoms with van der Waals surface area (Å²) in [6.07, 6.45) is 2.27. The number of anilines is 1. The van der Waals surface area contributed by atoms with Crippen LogP contribution in [0.4, 0.5) is 10.1 Å². The molecule has 1 aliphatic rings. The molecule has 6 nitrogen and oxygen atoms in total. The molecule has 2 rings (SSSR count). The Balaban J connectivity index is 2.04. The third-order valence-corrected chi connectivity index (χ3v) is 2.49. The van der Waals surface area contributed by atoms with E-state index in [1.165, 1.54) is 26.0 Å². The SMILES string of the molecule is CC1(C)OC(=O)C(=C/C=N\Nc2ccccc2F)C(=O)O1. The second-order valence-corrected chi connectivity index (χ2v) is 4.63. The van der Waals surface area contributed by atoms with E-state index in [2.05, 4.69) is 10.5 Å². The van der Waals surface area contributed by atoms with Crippen molar-refractivity contribution >= 4 is 23.8 Å². The maximum atomic E-state index is 13.3. The van der Waals surface area contributed by atoms with Gasteiger partial charge in [0.1, 0.15) is 11.4 Å². The third-order valence-electron chi connectivity index (χ3n) is 2.49. The Hall–Kier alpha value is -2.70. The number of hydrogen-bond donors (Lipinski definition) is 1. The molecule has 1 saturated heterocycles. The van der Waals surface area contributed by atoms with E-state index in [0.717, 1.165) is 12.3 Å². The highest BCUT2D eigenvalue weighted by molar-refractivity contribution is 6.17. The minimum Gasteiger partial charge on any atom is -0.419 e. The molecule has 7 heteroatoms. The highest BCUT2D eigenvalue weighted by Crippen LogP contribution is 2.22. The minimum atomic E-state index is -1.28. The van der Waals surface area contributed by atoms with Crippen LogP contribution in [-0.2, 0) is 19.1 Å². The fourth-order valence-corrected chi connectivity index (χ4v) is 1.57. The van der Waals surface area contributed by atoms with E-state index in [4.69, 9.17) is 9.47 Å². The van der Waals surface area contributed by atoms with Gasteiger partial charge in [-0.3, -0.25) is 5.43 Å². The second kappa shape index (κ2) is 5.74. The molecule has 0 unspecified atom stereocenters. The van der Waals surface area contributed by atoms with Crippen molar-refractivity contribution in [1.82, 2.24) is 0 Å². The first-order valence-corrected chi connectivity index (χ1v) is 6.09. The largest absolute Gasteiger partial charge is 0.419 e. The van der Waals surface area contributed by atoms with E-state index in [0.29, 0.717) is 0 Å². The van der Waals surface area contributed by atoms with Gasteiger partial charge in [-0.25, -0.2) is 14.0 Å². The van der Waals surface area contributed by atoms with E-state index in [-0.39, 0.29) is 11.3 Å². The van der Waals surface area contributed by atoms with Crippen molar-refractivity contribution in [2.75, 3.05) is 5.43 Å². The van der Waals surface area contributed by atoms with Gasteiger partial charge < -0.3 is 9.47 Å². The number of halogens is 1. The predicted octanol–water partition coefficient (Wildman–Crippen LogP) is 1.99. The summed E-state index contributed by atoms with van der Waals surface area (Å²) in [7, 11) is 0. The summed E-state index contributed by atoms with van der Waals surface area (Å²) in [5.41, 5.74) is 2.33. The van der Waals surface area contributed by atoms with Crippen LogP contribution < -0.4 is 5.43 Å². The summed E-state index contributed by atoms with van der Waals surface area (Å²) >= 11 is 0. The fourth-order valence-electron chi connectivity index (χ4n) is 1.57. The van der Waals surface area contributed by atoms with Crippen LogP contribution in [-0.4, -0.2) is 23.9 Å². The lowest BCUT2D eigenvalue weighted by atomic mass is 10.2. The maximum Gasteiger partial charge on any atom is 0.348 e. The van der Waals surface area contributed by atoms with Gasteiger partial charge in [-0.2, -0.15) is 5.10 Å². The molecule has 0 bridgehead atoms. The normalized spacial score (nSPS) is 17.4. The molecule has 1 heterocycles. The average Bonchev–Trinajstić information content (AvgIpc) is 2.37. The molecule has 0 amide bonds. The van der Waals surface area contributed by atoms with Crippen molar-refractivity contribution in [2.24, 2.45) is 5.10 Å². The number of benzene rings is 1. The van der Waals surface area contributed by atoms with Crippen LogP contribution >= 0.6 is 0 Å². The van der Waals surface area contributed by atoms with Crippen LogP contribution in [0.1, 0.15) is 13.8 Å². The van der Waals surface area contributed by atoms with Gasteiger partial charge >= 0.3 is 11.9 Å². The Bertz CT molecular complexity index is 616. The Morgan fingerprint density at radius 3 is 2.43 bits per heavy atom. The van der Waals surface area contributed by atoms with E-state index >= 15 is 0 Å². The van der Waals surface area contributed by atoms with Crippen LogP contribution in [0.15, 0.2) is 41.0 Å². The zero-order valence-corrected chi connectivity index (χ0v) is 11.4. The monoisotopic (exact) mass is 292 g/mol. The molecule has 0 radical (unpaired) electrons. The average molecular weight is 292 g/mol. The van der Waals surface area contributed by atoms with E-state index in [1.54, 1.807) is 12.1 Å². The number of para-hydroxylation sites is 1. The standard InChI is InChI=1S/C14H13FN2O4/c1-14(2)20-12(18)9(13(19)21-14)7-8-16-17-11-6-4-3-5-10(11)15/h3-8,17H,1-2H3/b16-8-. The lowest BCUT2D eigenvalue weighted by molar-refractivity contribution is -0.222. The highest BCUT2D eigenvalue weighted by atomic mass is 19.1. The third kappa shape index (κ3) is 3.65. The van der Waals surface area contributed by atoms with Gasteiger partial charge in [0.25, 0.3) is 5.79 Å². The smallest absolute Gasteiger partial charge is 0.348 e. The molecule has 1 fully saturated rings. The number of rotatable bonds is 3. The number of hydrogen-bond acceptors (Lipinski definition) is 6. The van der Waals surface area contributed by atoms with Gasteiger partial charge in [-0.05, 0) is 18.2 Å². The van der Waals surface area contributed by atoms with Gasteiger partial charge in [0.15, 0.2) is 0 Å². The van der Waals surface area contributed by atoms with Crippen molar-refractivity contribution in [2.45, 2.75) is 19.6 Å². The Labute approximate surface area is 120 Å². The first-order chi connectivity index (χ1) is 9.89. The number of carbonyl (C=O) groups excluding carboxylic acids is 2. The topological polar surface area (TPSA) is 77.0 Å². The van der Waals surface area contributed by atoms with Crippen molar-refractivity contribution in [3.8, 4) is 0 Å². The maximum absolute atomic E-state index is 13.3. The van der Waals surface area contributed by atoms with Crippen LogP contribution in [0.2, 0.25) is 0 Å². The van der Waals surface area contributed by atoms with Crippen molar-refractivity contribution in [3.63, 3.8) is 0 Å². The summed E-state index contributed by atoms with van der Waals surface area (Å²) < 4.78 is 23.1. The van der Waals surface area contributed by atoms with Crippen LogP contribution in [0.3, 0.4) is 0 Å². The number of hydrazone groups is 1. The molecule has 1 aromatic rings. The summed E-state index contributed by atoms with van der Waals surface area (Å²) in [4.78, 5) is 23.2. The zero-order valence-electron chi connectivity index (χ0n) is 11.4. The second-order valence-electron chi connectivity index (χ2n) is 4.63. The molecule has 0 aromatic heterocycles. The number of allylic oxidation sites excluding steroid dienone is 1. The zero-order chi connectivity index (χ0) is 15.5. The predicted molar refractivity (Wildman–Crippen MR) is 72.9 cm³/mol. The molecule has 1 N–H and O–H groups in total. The van der Waals surface area contributed by atoms with E-state index in [1.807, 2.05) is 0 Å². The molecule has 0 spiro atoms. The molecular weight excluding hydrogens is 279 g/mol. The molecule has 110 valence electrons. The van der Waals surface area contributed by atoms with Crippen molar-refractivity contribution < 1.29 is 23.5 Å². The lowest BCUT2D eigenvalue weighted by Gasteiger charge is -2.29. The van der Waals surface area contributed by atoms with Crippen molar-refractivity contribution in [3.05, 3.63) is 41.7 Å². The van der Waals surface area contributed by atoms with Crippen LogP contribution in [0, 0.1) is 5.82 Å².